The summed E-state index contributed by atoms with van der Waals surface area (Å²) in [4.78, 5) is 20.7. The quantitative estimate of drug-likeness (QED) is 0.642. The molecule has 2 aromatic rings. The van der Waals surface area contributed by atoms with E-state index in [1.54, 1.807) is 6.92 Å². The number of hydrogen-bond acceptors (Lipinski definition) is 3. The molecule has 1 aliphatic carbocycles. The fourth-order valence-corrected chi connectivity index (χ4v) is 5.36. The molecule has 1 fully saturated rings. The number of aliphatic hydroxyl groups is 1. The number of rotatable bonds is 6. The van der Waals surface area contributed by atoms with Gasteiger partial charge in [-0.1, -0.05) is 25.5 Å². The van der Waals surface area contributed by atoms with E-state index in [4.69, 9.17) is 6.57 Å². The summed E-state index contributed by atoms with van der Waals surface area (Å²) >= 11 is 0. The van der Waals surface area contributed by atoms with Crippen molar-refractivity contribution in [2.75, 3.05) is 24.5 Å². The van der Waals surface area contributed by atoms with Crippen LogP contribution in [0.2, 0.25) is 0 Å². The van der Waals surface area contributed by atoms with Gasteiger partial charge in [0.15, 0.2) is 5.69 Å². The van der Waals surface area contributed by atoms with Crippen LogP contribution in [0.3, 0.4) is 0 Å². The molecular weight excluding hydrogens is 431 g/mol. The van der Waals surface area contributed by atoms with E-state index < -0.39 is 34.5 Å². The molecule has 1 saturated carbocycles. The first-order valence-electron chi connectivity index (χ1n) is 11.1. The summed E-state index contributed by atoms with van der Waals surface area (Å²) < 4.78 is 43.1. The normalized spacial score (nSPS) is 24.1. The van der Waals surface area contributed by atoms with Crippen LogP contribution in [0, 0.1) is 36.9 Å². The molecule has 0 saturated heterocycles. The number of carbonyl (C=O) groups excluding carboxylic acids is 1. The van der Waals surface area contributed by atoms with Crippen molar-refractivity contribution in [1.29, 1.82) is 0 Å². The zero-order valence-electron chi connectivity index (χ0n) is 18.8. The fraction of sp³-hybridized carbons (Fsp3) is 0.440. The van der Waals surface area contributed by atoms with Gasteiger partial charge in [0, 0.05) is 36.0 Å². The van der Waals surface area contributed by atoms with Gasteiger partial charge in [0.25, 0.3) is 5.91 Å². The van der Waals surface area contributed by atoms with Crippen LogP contribution in [-0.2, 0) is 10.4 Å². The third-order valence-corrected chi connectivity index (χ3v) is 6.98. The highest BCUT2D eigenvalue weighted by Crippen LogP contribution is 2.50. The average molecular weight is 457 g/mol. The first-order valence-corrected chi connectivity index (χ1v) is 11.1. The minimum Gasteiger partial charge on any atom is -0.371 e. The fourth-order valence-electron chi connectivity index (χ4n) is 5.36. The maximum absolute atomic E-state index is 14.8. The van der Waals surface area contributed by atoms with Gasteiger partial charge in [0.1, 0.15) is 17.5 Å². The Bertz CT molecular complexity index is 1130. The summed E-state index contributed by atoms with van der Waals surface area (Å²) in [5.74, 6) is -4.56. The zero-order chi connectivity index (χ0) is 24.1. The lowest BCUT2D eigenvalue weighted by atomic mass is 9.78. The van der Waals surface area contributed by atoms with Crippen LogP contribution in [0.1, 0.15) is 43.4 Å². The zero-order valence-corrected chi connectivity index (χ0v) is 18.8. The molecule has 0 spiro atoms. The van der Waals surface area contributed by atoms with Gasteiger partial charge >= 0.3 is 0 Å². The van der Waals surface area contributed by atoms with Gasteiger partial charge in [0.2, 0.25) is 5.60 Å². The van der Waals surface area contributed by atoms with Crippen LogP contribution in [0.4, 0.5) is 24.5 Å². The summed E-state index contributed by atoms with van der Waals surface area (Å²) in [5, 5.41) is 11.6. The second-order valence-electron chi connectivity index (χ2n) is 8.85. The molecule has 1 heterocycles. The van der Waals surface area contributed by atoms with E-state index in [0.717, 1.165) is 25.9 Å². The van der Waals surface area contributed by atoms with Crippen molar-refractivity contribution in [3.63, 3.8) is 0 Å². The van der Waals surface area contributed by atoms with Crippen molar-refractivity contribution in [2.24, 2.45) is 5.92 Å². The molecule has 33 heavy (non-hydrogen) atoms. The lowest BCUT2D eigenvalue weighted by Gasteiger charge is -2.43. The highest BCUT2D eigenvalue weighted by Gasteiger charge is 2.55. The van der Waals surface area contributed by atoms with E-state index in [9.17, 15) is 23.1 Å². The Morgan fingerprint density at radius 1 is 1.12 bits per heavy atom. The summed E-state index contributed by atoms with van der Waals surface area (Å²) in [6.45, 7) is 15.3. The monoisotopic (exact) mass is 457 g/mol. The second kappa shape index (κ2) is 8.47. The molecule has 1 N–H and O–H groups in total. The molecule has 0 aromatic heterocycles. The smallest absolute Gasteiger partial charge is 0.268 e. The lowest BCUT2D eigenvalue weighted by molar-refractivity contribution is -0.133. The van der Waals surface area contributed by atoms with Gasteiger partial charge in [0.05, 0.1) is 12.1 Å². The molecule has 0 bridgehead atoms. The first-order chi connectivity index (χ1) is 15.6. The largest absolute Gasteiger partial charge is 0.371 e. The minimum absolute atomic E-state index is 0.0314. The Morgan fingerprint density at radius 2 is 1.73 bits per heavy atom. The second-order valence-corrected chi connectivity index (χ2v) is 8.85. The molecule has 1 aliphatic heterocycles. The maximum Gasteiger partial charge on any atom is 0.268 e. The van der Waals surface area contributed by atoms with Gasteiger partial charge < -0.3 is 14.9 Å². The Labute approximate surface area is 191 Å². The van der Waals surface area contributed by atoms with Gasteiger partial charge in [-0.2, -0.15) is 0 Å². The number of amides is 1. The molecule has 2 aliphatic rings. The van der Waals surface area contributed by atoms with Crippen molar-refractivity contribution in [3.05, 3.63) is 69.8 Å². The number of anilines is 1. The van der Waals surface area contributed by atoms with Gasteiger partial charge in [-0.25, -0.2) is 18.0 Å². The van der Waals surface area contributed by atoms with E-state index in [-0.39, 0.29) is 29.4 Å². The Kier molecular flexibility index (Phi) is 5.97. The van der Waals surface area contributed by atoms with Crippen LogP contribution in [0.5, 0.6) is 0 Å². The molecule has 4 rings (SSSR count). The summed E-state index contributed by atoms with van der Waals surface area (Å²) in [7, 11) is 0. The van der Waals surface area contributed by atoms with Crippen molar-refractivity contribution in [3.8, 4) is 0 Å². The van der Waals surface area contributed by atoms with Gasteiger partial charge in [-0.3, -0.25) is 4.79 Å². The average Bonchev–Trinajstić information content (AvgIpc) is 2.93. The molecule has 174 valence electrons. The summed E-state index contributed by atoms with van der Waals surface area (Å²) in [6, 6.07) is 4.24. The van der Waals surface area contributed by atoms with Crippen molar-refractivity contribution >= 4 is 17.3 Å². The van der Waals surface area contributed by atoms with Crippen molar-refractivity contribution in [2.45, 2.75) is 45.3 Å². The topological polar surface area (TPSA) is 48.1 Å². The van der Waals surface area contributed by atoms with E-state index in [1.807, 2.05) is 0 Å². The van der Waals surface area contributed by atoms with Crippen LogP contribution >= 0.6 is 0 Å². The number of aryl methyl sites for hydroxylation is 1. The summed E-state index contributed by atoms with van der Waals surface area (Å²) in [5.41, 5.74) is -2.64. The van der Waals surface area contributed by atoms with Crippen molar-refractivity contribution in [1.82, 2.24) is 4.90 Å². The van der Waals surface area contributed by atoms with Crippen LogP contribution < -0.4 is 4.90 Å². The molecule has 1 amide bonds. The van der Waals surface area contributed by atoms with Crippen LogP contribution in [-0.4, -0.2) is 41.6 Å². The third kappa shape index (κ3) is 3.60. The molecule has 0 radical (unpaired) electrons. The van der Waals surface area contributed by atoms with E-state index in [1.165, 1.54) is 17.0 Å². The third-order valence-electron chi connectivity index (χ3n) is 6.98. The maximum atomic E-state index is 14.8. The molecule has 8 heteroatoms. The standard InChI is InChI=1S/C25H26F3N3O2/c1-5-30(6-2)18-8-15(9-18)13-31-21-12-17(29-4)7-14(3)22(21)25(33,24(31)32)23-19(27)10-16(26)11-20(23)28/h7,10-12,15,18,33H,5-6,8-9,13H2,1-3H3. The predicted molar refractivity (Wildman–Crippen MR) is 119 cm³/mol. The highest BCUT2D eigenvalue weighted by molar-refractivity contribution is 6.10. The molecule has 5 nitrogen and oxygen atoms in total. The first kappa shape index (κ1) is 23.3. The number of carbonyl (C=O) groups is 1. The predicted octanol–water partition coefficient (Wildman–Crippen LogP) is 4.67. The van der Waals surface area contributed by atoms with Crippen LogP contribution in [0.25, 0.3) is 4.85 Å². The van der Waals surface area contributed by atoms with Gasteiger partial charge in [-0.05, 0) is 44.8 Å². The lowest BCUT2D eigenvalue weighted by Crippen LogP contribution is -2.50. The highest BCUT2D eigenvalue weighted by atomic mass is 19.1. The van der Waals surface area contributed by atoms with Crippen molar-refractivity contribution < 1.29 is 23.1 Å². The molecular formula is C25H26F3N3O2. The summed E-state index contributed by atoms with van der Waals surface area (Å²) in [6.07, 6.45) is 1.72. The van der Waals surface area contributed by atoms with E-state index in [0.29, 0.717) is 23.7 Å². The van der Waals surface area contributed by atoms with Gasteiger partial charge in [-0.15, -0.1) is 0 Å². The number of nitrogens with zero attached hydrogens (tertiary/aromatic N) is 3. The Hall–Kier alpha value is -2.89. The molecule has 1 atom stereocenters. The van der Waals surface area contributed by atoms with E-state index in [2.05, 4.69) is 23.6 Å². The number of hydrogen-bond donors (Lipinski definition) is 1. The number of benzene rings is 2. The molecule has 2 aromatic carbocycles. The van der Waals surface area contributed by atoms with Crippen LogP contribution in [0.15, 0.2) is 24.3 Å². The Morgan fingerprint density at radius 3 is 2.27 bits per heavy atom. The SMILES string of the molecule is [C-]#[N+]c1cc(C)c2c(c1)N(CC1CC(N(CC)CC)C1)C(=O)C2(O)c1c(F)cc(F)cc1F. The number of halogens is 3. The Balaban J connectivity index is 1.77. The minimum atomic E-state index is -2.65. The molecule has 1 unspecified atom stereocenters. The van der Waals surface area contributed by atoms with E-state index >= 15 is 0 Å². The number of fused-ring (bicyclic) bond motifs is 1.